The minimum atomic E-state index is 0.752. The van der Waals surface area contributed by atoms with Crippen LogP contribution in [-0.2, 0) is 0 Å². The zero-order valence-electron chi connectivity index (χ0n) is 4.94. The Morgan fingerprint density at radius 2 is 2.29 bits per heavy atom. The van der Waals surface area contributed by atoms with Gasteiger partial charge in [0.15, 0.2) is 0 Å². The van der Waals surface area contributed by atoms with Crippen LogP contribution in [0.4, 0.5) is 0 Å². The van der Waals surface area contributed by atoms with Crippen molar-refractivity contribution in [2.75, 3.05) is 6.54 Å². The zero-order chi connectivity index (χ0) is 5.70. The average molecular weight is 97.2 g/mol. The summed E-state index contributed by atoms with van der Waals surface area (Å²) in [6.07, 6.45) is 2.03. The van der Waals surface area contributed by atoms with E-state index in [-0.39, 0.29) is 0 Å². The smallest absolute Gasteiger partial charge is 0.00144 e. The summed E-state index contributed by atoms with van der Waals surface area (Å²) in [7, 11) is 3.34. The molecule has 0 saturated heterocycles. The van der Waals surface area contributed by atoms with Gasteiger partial charge in [0, 0.05) is 0 Å². The van der Waals surface area contributed by atoms with E-state index in [1.165, 1.54) is 5.57 Å². The van der Waals surface area contributed by atoms with Crippen molar-refractivity contribution < 1.29 is 0 Å². The van der Waals surface area contributed by atoms with E-state index in [2.05, 4.69) is 12.4 Å². The first-order valence-corrected chi connectivity index (χ1v) is 2.33. The highest BCUT2D eigenvalue weighted by Gasteiger charge is 1.69. The molecule has 1 radical (unpaired) electrons. The minimum absolute atomic E-state index is 0.752. The van der Waals surface area contributed by atoms with Gasteiger partial charge in [-0.2, -0.15) is 0 Å². The van der Waals surface area contributed by atoms with Crippen molar-refractivity contribution in [3.8, 4) is 0 Å². The van der Waals surface area contributed by atoms with Crippen molar-refractivity contribution in [3.05, 3.63) is 18.7 Å². The minimum Gasteiger partial charge on any atom is -0.421 e. The monoisotopic (exact) mass is 97.1 g/mol. The number of hydrogen-bond donors (Lipinski definition) is 0. The lowest BCUT2D eigenvalue weighted by molar-refractivity contribution is 0.952. The SMILES string of the molecule is [CH2-][N]CC=C(C)C. The number of nitrogens with zero attached hydrogens (tertiary/aromatic N) is 1. The van der Waals surface area contributed by atoms with Crippen molar-refractivity contribution in [1.29, 1.82) is 0 Å². The summed E-state index contributed by atoms with van der Waals surface area (Å²) < 4.78 is 0. The molecule has 0 aromatic heterocycles. The van der Waals surface area contributed by atoms with Crippen LogP contribution in [-0.4, -0.2) is 6.54 Å². The quantitative estimate of drug-likeness (QED) is 0.365. The maximum atomic E-state index is 3.65. The molecule has 0 saturated carbocycles. The highest BCUT2D eigenvalue weighted by Crippen LogP contribution is 1.84. The predicted molar refractivity (Wildman–Crippen MR) is 31.8 cm³/mol. The molecule has 0 unspecified atom stereocenters. The van der Waals surface area contributed by atoms with Crippen molar-refractivity contribution >= 4 is 0 Å². The summed E-state index contributed by atoms with van der Waals surface area (Å²) in [5.41, 5.74) is 1.30. The molecule has 0 spiro atoms. The Morgan fingerprint density at radius 1 is 1.71 bits per heavy atom. The molecule has 41 valence electrons. The molecule has 0 aliphatic heterocycles. The molecule has 0 heterocycles. The fourth-order valence-electron chi connectivity index (χ4n) is 0.247. The summed E-state index contributed by atoms with van der Waals surface area (Å²) in [4.78, 5) is 0. The van der Waals surface area contributed by atoms with Gasteiger partial charge in [0.2, 0.25) is 0 Å². The van der Waals surface area contributed by atoms with E-state index in [0.717, 1.165) is 6.54 Å². The predicted octanol–water partition coefficient (Wildman–Crippen LogP) is 1.35. The lowest BCUT2D eigenvalue weighted by Crippen LogP contribution is -1.91. The van der Waals surface area contributed by atoms with Gasteiger partial charge in [-0.05, 0) is 20.4 Å². The third-order valence-electron chi connectivity index (χ3n) is 0.629. The molecule has 1 heteroatoms. The van der Waals surface area contributed by atoms with Crippen LogP contribution >= 0.6 is 0 Å². The van der Waals surface area contributed by atoms with Gasteiger partial charge in [-0.15, -0.1) is 0 Å². The largest absolute Gasteiger partial charge is 0.421 e. The second-order valence-electron chi connectivity index (χ2n) is 1.69. The van der Waals surface area contributed by atoms with Crippen molar-refractivity contribution in [2.24, 2.45) is 0 Å². The van der Waals surface area contributed by atoms with E-state index in [0.29, 0.717) is 0 Å². The van der Waals surface area contributed by atoms with Crippen molar-refractivity contribution in [3.63, 3.8) is 0 Å². The Labute approximate surface area is 45.4 Å². The van der Waals surface area contributed by atoms with E-state index in [1.807, 2.05) is 19.9 Å². The molecular weight excluding hydrogens is 86.1 g/mol. The van der Waals surface area contributed by atoms with E-state index in [1.54, 1.807) is 0 Å². The van der Waals surface area contributed by atoms with Gasteiger partial charge in [0.05, 0.1) is 0 Å². The number of allylic oxidation sites excluding steroid dienone is 1. The number of hydrogen-bond acceptors (Lipinski definition) is 0. The van der Waals surface area contributed by atoms with Crippen molar-refractivity contribution in [1.82, 2.24) is 5.32 Å². The summed E-state index contributed by atoms with van der Waals surface area (Å²) in [6.45, 7) is 4.85. The molecule has 0 aromatic rings. The van der Waals surface area contributed by atoms with Crippen molar-refractivity contribution in [2.45, 2.75) is 13.8 Å². The molecule has 7 heavy (non-hydrogen) atoms. The van der Waals surface area contributed by atoms with Crippen LogP contribution in [0.25, 0.3) is 0 Å². The first-order chi connectivity index (χ1) is 3.27. The van der Waals surface area contributed by atoms with Crippen LogP contribution in [0.1, 0.15) is 13.8 Å². The second kappa shape index (κ2) is 3.88. The summed E-state index contributed by atoms with van der Waals surface area (Å²) in [6, 6.07) is 0. The topological polar surface area (TPSA) is 14.1 Å². The maximum Gasteiger partial charge on any atom is -0.00144 e. The first kappa shape index (κ1) is 6.70. The molecule has 0 aliphatic carbocycles. The molecule has 0 fully saturated rings. The lowest BCUT2D eigenvalue weighted by Gasteiger charge is -1.93. The van der Waals surface area contributed by atoms with Crippen LogP contribution in [0, 0.1) is 7.05 Å². The molecule has 1 nitrogen and oxygen atoms in total. The second-order valence-corrected chi connectivity index (χ2v) is 1.69. The third kappa shape index (κ3) is 5.70. The summed E-state index contributed by atoms with van der Waals surface area (Å²) >= 11 is 0. The molecular formula is C6H11N-. The summed E-state index contributed by atoms with van der Waals surface area (Å²) in [5.74, 6) is 0. The zero-order valence-corrected chi connectivity index (χ0v) is 4.94. The lowest BCUT2D eigenvalue weighted by atomic mass is 10.3. The Kier molecular flexibility index (Phi) is 3.71. The van der Waals surface area contributed by atoms with Gasteiger partial charge >= 0.3 is 0 Å². The molecule has 0 N–H and O–H groups in total. The van der Waals surface area contributed by atoms with Crippen LogP contribution in [0.2, 0.25) is 0 Å². The maximum absolute atomic E-state index is 3.65. The highest BCUT2D eigenvalue weighted by atomic mass is 14.8. The highest BCUT2D eigenvalue weighted by molar-refractivity contribution is 4.93. The Hall–Kier alpha value is -0.300. The molecule has 0 aliphatic rings. The Bertz CT molecular complexity index is 60.6. The van der Waals surface area contributed by atoms with Crippen LogP contribution in [0.5, 0.6) is 0 Å². The normalized spacial score (nSPS) is 8.43. The molecule has 0 rings (SSSR count). The van der Waals surface area contributed by atoms with Gasteiger partial charge in [-0.25, -0.2) is 0 Å². The standard InChI is InChI=1S/C6H11N/c1-6(2)4-5-7-3/h4H,3,5H2,1-2H3/q-1. The Morgan fingerprint density at radius 3 is 2.43 bits per heavy atom. The van der Waals surface area contributed by atoms with Gasteiger partial charge in [-0.3, -0.25) is 7.05 Å². The first-order valence-electron chi connectivity index (χ1n) is 2.33. The van der Waals surface area contributed by atoms with E-state index in [9.17, 15) is 0 Å². The average Bonchev–Trinajstić information content (AvgIpc) is 1.61. The van der Waals surface area contributed by atoms with E-state index >= 15 is 0 Å². The molecule has 0 bridgehead atoms. The fourth-order valence-corrected chi connectivity index (χ4v) is 0.247. The van der Waals surface area contributed by atoms with Gasteiger partial charge in [0.1, 0.15) is 0 Å². The third-order valence-corrected chi connectivity index (χ3v) is 0.629. The van der Waals surface area contributed by atoms with Crippen LogP contribution in [0.15, 0.2) is 11.6 Å². The molecule has 0 atom stereocenters. The molecule has 0 amide bonds. The molecule has 0 aromatic carbocycles. The summed E-state index contributed by atoms with van der Waals surface area (Å²) in [5, 5.41) is 3.65. The van der Waals surface area contributed by atoms with Crippen LogP contribution in [0.3, 0.4) is 0 Å². The van der Waals surface area contributed by atoms with Crippen LogP contribution < -0.4 is 5.32 Å². The number of rotatable bonds is 2. The van der Waals surface area contributed by atoms with E-state index in [4.69, 9.17) is 0 Å². The van der Waals surface area contributed by atoms with E-state index < -0.39 is 0 Å². The van der Waals surface area contributed by atoms with Gasteiger partial charge in [0.25, 0.3) is 0 Å². The van der Waals surface area contributed by atoms with Gasteiger partial charge < -0.3 is 5.32 Å². The Balaban J connectivity index is 3.08. The van der Waals surface area contributed by atoms with Gasteiger partial charge in [-0.1, -0.05) is 11.6 Å². The fraction of sp³-hybridized carbons (Fsp3) is 0.500.